The van der Waals surface area contributed by atoms with Crippen LogP contribution in [0.2, 0.25) is 0 Å². The first-order valence-electron chi connectivity index (χ1n) is 12.3. The minimum Gasteiger partial charge on any atom is -0.445 e. The first-order chi connectivity index (χ1) is 17.6. The third kappa shape index (κ3) is 7.35. The number of nitrogens with one attached hydrogen (secondary N) is 2. The fourth-order valence-corrected chi connectivity index (χ4v) is 5.04. The highest BCUT2D eigenvalue weighted by atomic mass is 32.1. The number of benzene rings is 2. The predicted molar refractivity (Wildman–Crippen MR) is 138 cm³/mol. The van der Waals surface area contributed by atoms with Crippen molar-refractivity contribution in [2.24, 2.45) is 5.92 Å². The Morgan fingerprint density at radius 3 is 2.56 bits per heavy atom. The normalized spacial score (nSPS) is 14.8. The number of aromatic nitrogens is 1. The number of ether oxygens (including phenoxy) is 2. The molecule has 36 heavy (non-hydrogen) atoms. The molecule has 1 aliphatic rings. The van der Waals surface area contributed by atoms with Gasteiger partial charge in [0.05, 0.1) is 16.3 Å². The molecule has 8 nitrogen and oxygen atoms in total. The van der Waals surface area contributed by atoms with Crippen molar-refractivity contribution in [2.75, 3.05) is 19.8 Å². The molecule has 190 valence electrons. The van der Waals surface area contributed by atoms with E-state index >= 15 is 0 Å². The maximum absolute atomic E-state index is 13.3. The quantitative estimate of drug-likeness (QED) is 0.291. The number of fused-ring (bicyclic) bond motifs is 1. The lowest BCUT2D eigenvalue weighted by Gasteiger charge is -2.24. The number of ketones is 1. The number of amides is 2. The fraction of sp³-hybridized carbons (Fsp3) is 0.407. The number of hydrogen-bond acceptors (Lipinski definition) is 7. The number of nitrogens with zero attached hydrogens (tertiary/aromatic N) is 1. The van der Waals surface area contributed by atoms with Gasteiger partial charge in [-0.2, -0.15) is 0 Å². The van der Waals surface area contributed by atoms with Gasteiger partial charge in [0.15, 0.2) is 5.01 Å². The monoisotopic (exact) mass is 509 g/mol. The van der Waals surface area contributed by atoms with Gasteiger partial charge in [-0.3, -0.25) is 9.59 Å². The Balaban J connectivity index is 1.29. The van der Waals surface area contributed by atoms with Gasteiger partial charge in [0, 0.05) is 25.7 Å². The molecule has 0 unspecified atom stereocenters. The topological polar surface area (TPSA) is 107 Å². The van der Waals surface area contributed by atoms with Crippen LogP contribution in [0, 0.1) is 5.92 Å². The van der Waals surface area contributed by atoms with Crippen LogP contribution >= 0.6 is 11.3 Å². The smallest absolute Gasteiger partial charge is 0.407 e. The first kappa shape index (κ1) is 25.8. The molecule has 0 bridgehead atoms. The maximum Gasteiger partial charge on any atom is 0.407 e. The minimum absolute atomic E-state index is 0.111. The Morgan fingerprint density at radius 2 is 1.78 bits per heavy atom. The summed E-state index contributed by atoms with van der Waals surface area (Å²) < 4.78 is 11.5. The van der Waals surface area contributed by atoms with E-state index < -0.39 is 12.1 Å². The highest BCUT2D eigenvalue weighted by Crippen LogP contribution is 2.24. The zero-order valence-electron chi connectivity index (χ0n) is 20.1. The van der Waals surface area contributed by atoms with Gasteiger partial charge in [-0.15, -0.1) is 11.3 Å². The summed E-state index contributed by atoms with van der Waals surface area (Å²) in [5.41, 5.74) is 1.70. The predicted octanol–water partition coefficient (Wildman–Crippen LogP) is 4.49. The summed E-state index contributed by atoms with van der Waals surface area (Å²) in [6.45, 7) is 1.74. The summed E-state index contributed by atoms with van der Waals surface area (Å²) in [6, 6.07) is 16.4. The summed E-state index contributed by atoms with van der Waals surface area (Å²) in [6.07, 6.45) is 2.59. The van der Waals surface area contributed by atoms with Crippen molar-refractivity contribution in [3.05, 3.63) is 65.2 Å². The molecule has 1 aromatic heterocycles. The number of alkyl carbamates (subject to hydrolysis) is 1. The van der Waals surface area contributed by atoms with Crippen molar-refractivity contribution in [3.63, 3.8) is 0 Å². The summed E-state index contributed by atoms with van der Waals surface area (Å²) in [5.74, 6) is -0.433. The average Bonchev–Trinajstić information content (AvgIpc) is 3.36. The average molecular weight is 510 g/mol. The zero-order chi connectivity index (χ0) is 25.2. The van der Waals surface area contributed by atoms with Crippen LogP contribution in [0.4, 0.5) is 4.79 Å². The molecular weight excluding hydrogens is 478 g/mol. The molecule has 1 saturated heterocycles. The van der Waals surface area contributed by atoms with E-state index in [0.29, 0.717) is 56.9 Å². The molecule has 1 aliphatic heterocycles. The second-order valence-electron chi connectivity index (χ2n) is 8.78. The molecule has 2 amide bonds. The molecule has 2 N–H and O–H groups in total. The Morgan fingerprint density at radius 1 is 1.03 bits per heavy atom. The summed E-state index contributed by atoms with van der Waals surface area (Å²) in [5, 5.41) is 6.12. The van der Waals surface area contributed by atoms with Crippen molar-refractivity contribution >= 4 is 39.3 Å². The van der Waals surface area contributed by atoms with E-state index in [1.807, 2.05) is 54.6 Å². The number of carbonyl (C=O) groups is 3. The lowest BCUT2D eigenvalue weighted by atomic mass is 9.97. The van der Waals surface area contributed by atoms with Gasteiger partial charge in [0.25, 0.3) is 0 Å². The molecule has 0 aliphatic carbocycles. The Labute approximate surface area is 214 Å². The van der Waals surface area contributed by atoms with E-state index in [0.717, 1.165) is 15.8 Å². The molecule has 4 rings (SSSR count). The van der Waals surface area contributed by atoms with Crippen LogP contribution in [-0.4, -0.2) is 48.6 Å². The molecule has 9 heteroatoms. The Bertz CT molecular complexity index is 1130. The SMILES string of the molecule is O=C(NCCCC[C@H](NC(=O)C1CCOCC1)C(=O)c1nc2ccccc2s1)OCc1ccccc1. The molecular formula is C27H31N3O5S. The maximum atomic E-state index is 13.3. The van der Waals surface area contributed by atoms with Gasteiger partial charge in [-0.05, 0) is 49.8 Å². The summed E-state index contributed by atoms with van der Waals surface area (Å²) in [7, 11) is 0. The first-order valence-corrected chi connectivity index (χ1v) is 13.1. The molecule has 0 spiro atoms. The molecule has 1 atom stereocenters. The molecule has 0 saturated carbocycles. The largest absolute Gasteiger partial charge is 0.445 e. The second-order valence-corrected chi connectivity index (χ2v) is 9.81. The van der Waals surface area contributed by atoms with Crippen molar-refractivity contribution in [1.29, 1.82) is 0 Å². The number of rotatable bonds is 11. The van der Waals surface area contributed by atoms with Crippen LogP contribution in [0.5, 0.6) is 0 Å². The number of unbranched alkanes of at least 4 members (excludes halogenated alkanes) is 1. The third-order valence-electron chi connectivity index (χ3n) is 6.13. The Kier molecular flexibility index (Phi) is 9.40. The van der Waals surface area contributed by atoms with Gasteiger partial charge in [0.2, 0.25) is 11.7 Å². The van der Waals surface area contributed by atoms with Crippen molar-refractivity contribution < 1.29 is 23.9 Å². The van der Waals surface area contributed by atoms with E-state index in [9.17, 15) is 14.4 Å². The van der Waals surface area contributed by atoms with Gasteiger partial charge in [-0.1, -0.05) is 42.5 Å². The number of thiazole rings is 1. The van der Waals surface area contributed by atoms with Crippen LogP contribution < -0.4 is 10.6 Å². The van der Waals surface area contributed by atoms with Crippen molar-refractivity contribution in [1.82, 2.24) is 15.6 Å². The fourth-order valence-electron chi connectivity index (χ4n) is 4.08. The third-order valence-corrected chi connectivity index (χ3v) is 7.18. The van der Waals surface area contributed by atoms with Crippen LogP contribution in [-0.2, 0) is 20.9 Å². The number of carbonyl (C=O) groups excluding carboxylic acids is 3. The second kappa shape index (κ2) is 13.1. The van der Waals surface area contributed by atoms with Crippen molar-refractivity contribution in [3.8, 4) is 0 Å². The Hall–Kier alpha value is -3.30. The van der Waals surface area contributed by atoms with Crippen LogP contribution in [0.25, 0.3) is 10.2 Å². The minimum atomic E-state index is -0.661. The lowest BCUT2D eigenvalue weighted by Crippen LogP contribution is -2.45. The van der Waals surface area contributed by atoms with Crippen LogP contribution in [0.15, 0.2) is 54.6 Å². The molecule has 0 radical (unpaired) electrons. The number of hydrogen-bond donors (Lipinski definition) is 2. The van der Waals surface area contributed by atoms with E-state index in [-0.39, 0.29) is 24.2 Å². The summed E-state index contributed by atoms with van der Waals surface area (Å²) >= 11 is 1.34. The molecule has 2 aromatic carbocycles. The molecule has 1 fully saturated rings. The van der Waals surface area contributed by atoms with E-state index in [1.54, 1.807) is 0 Å². The van der Waals surface area contributed by atoms with Gasteiger partial charge < -0.3 is 20.1 Å². The van der Waals surface area contributed by atoms with Gasteiger partial charge in [-0.25, -0.2) is 9.78 Å². The van der Waals surface area contributed by atoms with Crippen molar-refractivity contribution in [2.45, 2.75) is 44.8 Å². The van der Waals surface area contributed by atoms with Gasteiger partial charge in [0.1, 0.15) is 6.61 Å². The van der Waals surface area contributed by atoms with E-state index in [2.05, 4.69) is 15.6 Å². The highest BCUT2D eigenvalue weighted by molar-refractivity contribution is 7.20. The highest BCUT2D eigenvalue weighted by Gasteiger charge is 2.29. The van der Waals surface area contributed by atoms with Crippen LogP contribution in [0.1, 0.15) is 47.5 Å². The number of Topliss-reactive ketones (excluding diaryl/α,β-unsaturated/α-hetero) is 1. The zero-order valence-corrected chi connectivity index (χ0v) is 20.9. The van der Waals surface area contributed by atoms with E-state index in [1.165, 1.54) is 11.3 Å². The van der Waals surface area contributed by atoms with E-state index in [4.69, 9.17) is 9.47 Å². The van der Waals surface area contributed by atoms with Crippen LogP contribution in [0.3, 0.4) is 0 Å². The van der Waals surface area contributed by atoms with Gasteiger partial charge >= 0.3 is 6.09 Å². The number of para-hydroxylation sites is 1. The lowest BCUT2D eigenvalue weighted by molar-refractivity contribution is -0.128. The molecule has 3 aromatic rings. The summed E-state index contributed by atoms with van der Waals surface area (Å²) in [4.78, 5) is 42.7. The molecule has 2 heterocycles. The standard InChI is InChI=1S/C27H31N3O5S/c31-24(26-30-21-10-4-5-12-23(21)36-26)22(29-25(32)20-13-16-34-17-14-20)11-6-7-15-28-27(33)35-18-19-8-2-1-3-9-19/h1-5,8-10,12,20,22H,6-7,11,13-18H2,(H,28,33)(H,29,32)/t22-/m0/s1.